The Morgan fingerprint density at radius 3 is 2.61 bits per heavy atom. The van der Waals surface area contributed by atoms with E-state index in [1.54, 1.807) is 6.07 Å². The summed E-state index contributed by atoms with van der Waals surface area (Å²) in [4.78, 5) is 19.0. The standard InChI is InChI=1S/C15H11ClN4O3/c16-13-4-2-1-3-10(13)9-23-12-6-17-15(18-7-12)20-8-11(5-19-20)14(21)22/h1-8H,9H2,(H,21,22). The molecule has 0 atom stereocenters. The van der Waals surface area contributed by atoms with Gasteiger partial charge in [-0.15, -0.1) is 0 Å². The lowest BCUT2D eigenvalue weighted by atomic mass is 10.2. The number of nitrogens with zero attached hydrogens (tertiary/aromatic N) is 4. The lowest BCUT2D eigenvalue weighted by molar-refractivity contribution is 0.0697. The first kappa shape index (κ1) is 15.0. The quantitative estimate of drug-likeness (QED) is 0.773. The van der Waals surface area contributed by atoms with Crippen LogP contribution in [0, 0.1) is 0 Å². The summed E-state index contributed by atoms with van der Waals surface area (Å²) < 4.78 is 6.85. The van der Waals surface area contributed by atoms with E-state index in [2.05, 4.69) is 15.1 Å². The van der Waals surface area contributed by atoms with Crippen molar-refractivity contribution in [1.29, 1.82) is 0 Å². The zero-order chi connectivity index (χ0) is 16.2. The van der Waals surface area contributed by atoms with Gasteiger partial charge in [-0.05, 0) is 6.07 Å². The van der Waals surface area contributed by atoms with E-state index in [4.69, 9.17) is 21.4 Å². The van der Waals surface area contributed by atoms with E-state index in [0.717, 1.165) is 5.56 Å². The zero-order valence-electron chi connectivity index (χ0n) is 11.8. The third kappa shape index (κ3) is 3.46. The van der Waals surface area contributed by atoms with Gasteiger partial charge in [-0.3, -0.25) is 0 Å². The maximum Gasteiger partial charge on any atom is 0.338 e. The summed E-state index contributed by atoms with van der Waals surface area (Å²) in [6, 6.07) is 7.38. The minimum atomic E-state index is -1.06. The van der Waals surface area contributed by atoms with E-state index < -0.39 is 5.97 Å². The van der Waals surface area contributed by atoms with E-state index in [0.29, 0.717) is 17.4 Å². The lowest BCUT2D eigenvalue weighted by Gasteiger charge is -2.07. The van der Waals surface area contributed by atoms with Gasteiger partial charge in [-0.25, -0.2) is 19.4 Å². The molecule has 116 valence electrons. The monoisotopic (exact) mass is 330 g/mol. The van der Waals surface area contributed by atoms with Gasteiger partial charge >= 0.3 is 5.97 Å². The number of ether oxygens (including phenoxy) is 1. The van der Waals surface area contributed by atoms with Crippen molar-refractivity contribution in [2.24, 2.45) is 0 Å². The molecule has 8 heteroatoms. The fourth-order valence-corrected chi connectivity index (χ4v) is 2.01. The normalized spacial score (nSPS) is 10.5. The van der Waals surface area contributed by atoms with Gasteiger partial charge in [0.25, 0.3) is 5.95 Å². The van der Waals surface area contributed by atoms with Gasteiger partial charge in [0.2, 0.25) is 0 Å². The van der Waals surface area contributed by atoms with Crippen LogP contribution < -0.4 is 4.74 Å². The van der Waals surface area contributed by atoms with Crippen LogP contribution in [0.15, 0.2) is 49.1 Å². The molecular weight excluding hydrogens is 320 g/mol. The highest BCUT2D eigenvalue weighted by Gasteiger charge is 2.09. The molecule has 0 spiro atoms. The topological polar surface area (TPSA) is 90.1 Å². The molecule has 3 rings (SSSR count). The summed E-state index contributed by atoms with van der Waals surface area (Å²) in [7, 11) is 0. The minimum Gasteiger partial charge on any atom is -0.486 e. The molecule has 2 aromatic heterocycles. The van der Waals surface area contributed by atoms with E-state index >= 15 is 0 Å². The minimum absolute atomic E-state index is 0.0626. The molecule has 3 aromatic rings. The Balaban J connectivity index is 1.69. The number of carbonyl (C=O) groups is 1. The van der Waals surface area contributed by atoms with E-state index in [-0.39, 0.29) is 11.5 Å². The predicted octanol–water partition coefficient (Wildman–Crippen LogP) is 2.59. The molecule has 7 nitrogen and oxygen atoms in total. The van der Waals surface area contributed by atoms with Crippen molar-refractivity contribution in [2.75, 3.05) is 0 Å². The summed E-state index contributed by atoms with van der Waals surface area (Å²) in [5.74, 6) is -0.335. The highest BCUT2D eigenvalue weighted by atomic mass is 35.5. The van der Waals surface area contributed by atoms with E-state index in [1.807, 2.05) is 18.2 Å². The Bertz CT molecular complexity index is 833. The van der Waals surface area contributed by atoms with Crippen molar-refractivity contribution in [1.82, 2.24) is 19.7 Å². The lowest BCUT2D eigenvalue weighted by Crippen LogP contribution is -2.03. The number of hydrogen-bond donors (Lipinski definition) is 1. The molecule has 0 saturated carbocycles. The molecule has 1 N–H and O–H groups in total. The molecule has 0 radical (unpaired) electrons. The summed E-state index contributed by atoms with van der Waals surface area (Å²) in [6.45, 7) is 0.299. The highest BCUT2D eigenvalue weighted by molar-refractivity contribution is 6.31. The van der Waals surface area contributed by atoms with Crippen molar-refractivity contribution in [3.63, 3.8) is 0 Å². The summed E-state index contributed by atoms with van der Waals surface area (Å²) in [5, 5.41) is 13.4. The molecular formula is C15H11ClN4O3. The number of halogens is 1. The molecule has 0 aliphatic rings. The Morgan fingerprint density at radius 2 is 1.96 bits per heavy atom. The molecule has 2 heterocycles. The number of aromatic carboxylic acids is 1. The van der Waals surface area contributed by atoms with Crippen LogP contribution in [0.5, 0.6) is 5.75 Å². The van der Waals surface area contributed by atoms with Crippen LogP contribution in [0.25, 0.3) is 5.95 Å². The molecule has 0 aliphatic carbocycles. The second kappa shape index (κ2) is 6.45. The van der Waals surface area contributed by atoms with Crippen LogP contribution in [0.1, 0.15) is 15.9 Å². The second-order valence-corrected chi connectivity index (χ2v) is 4.98. The SMILES string of the molecule is O=C(O)c1cnn(-c2ncc(OCc3ccccc3Cl)cn2)c1. The molecule has 0 saturated heterocycles. The van der Waals surface area contributed by atoms with Gasteiger partial charge in [0, 0.05) is 16.8 Å². The zero-order valence-corrected chi connectivity index (χ0v) is 12.5. The second-order valence-electron chi connectivity index (χ2n) is 4.58. The number of aromatic nitrogens is 4. The first-order valence-corrected chi connectivity index (χ1v) is 6.98. The fourth-order valence-electron chi connectivity index (χ4n) is 1.82. The van der Waals surface area contributed by atoms with Crippen molar-refractivity contribution >= 4 is 17.6 Å². The third-order valence-electron chi connectivity index (χ3n) is 3.00. The number of carboxylic acid groups (broad SMARTS) is 1. The predicted molar refractivity (Wildman–Crippen MR) is 81.9 cm³/mol. The van der Waals surface area contributed by atoms with Crippen LogP contribution in [0.3, 0.4) is 0 Å². The highest BCUT2D eigenvalue weighted by Crippen LogP contribution is 2.17. The maximum absolute atomic E-state index is 10.8. The first-order valence-electron chi connectivity index (χ1n) is 6.60. The summed E-state index contributed by atoms with van der Waals surface area (Å²) >= 11 is 6.05. The summed E-state index contributed by atoms with van der Waals surface area (Å²) in [6.07, 6.45) is 5.54. The van der Waals surface area contributed by atoms with Crippen molar-refractivity contribution in [2.45, 2.75) is 6.61 Å². The molecule has 0 amide bonds. The molecule has 0 unspecified atom stereocenters. The average Bonchev–Trinajstić information content (AvgIpc) is 3.05. The Labute approximate surface area is 136 Å². The number of benzene rings is 1. The Hall–Kier alpha value is -2.93. The smallest absolute Gasteiger partial charge is 0.338 e. The number of carboxylic acids is 1. The molecule has 0 fully saturated rings. The average molecular weight is 331 g/mol. The van der Waals surface area contributed by atoms with Crippen LogP contribution in [0.4, 0.5) is 0 Å². The van der Waals surface area contributed by atoms with Crippen LogP contribution >= 0.6 is 11.6 Å². The maximum atomic E-state index is 10.8. The van der Waals surface area contributed by atoms with Gasteiger partial charge in [0.15, 0.2) is 5.75 Å². The van der Waals surface area contributed by atoms with Gasteiger partial charge in [-0.1, -0.05) is 29.8 Å². The molecule has 0 bridgehead atoms. The molecule has 1 aromatic carbocycles. The first-order chi connectivity index (χ1) is 11.1. The van der Waals surface area contributed by atoms with Crippen molar-refractivity contribution in [3.05, 3.63) is 65.2 Å². The number of hydrogen-bond acceptors (Lipinski definition) is 5. The van der Waals surface area contributed by atoms with Crippen LogP contribution in [0.2, 0.25) is 5.02 Å². The third-order valence-corrected chi connectivity index (χ3v) is 3.37. The van der Waals surface area contributed by atoms with Crippen molar-refractivity contribution in [3.8, 4) is 11.7 Å². The van der Waals surface area contributed by atoms with Crippen LogP contribution in [-0.2, 0) is 6.61 Å². The summed E-state index contributed by atoms with van der Waals surface area (Å²) in [5.41, 5.74) is 0.920. The van der Waals surface area contributed by atoms with Gasteiger partial charge in [0.1, 0.15) is 6.61 Å². The number of rotatable bonds is 5. The Kier molecular flexibility index (Phi) is 4.20. The van der Waals surface area contributed by atoms with Gasteiger partial charge in [-0.2, -0.15) is 5.10 Å². The van der Waals surface area contributed by atoms with E-state index in [9.17, 15) is 4.79 Å². The Morgan fingerprint density at radius 1 is 1.22 bits per heavy atom. The molecule has 23 heavy (non-hydrogen) atoms. The van der Waals surface area contributed by atoms with Gasteiger partial charge < -0.3 is 9.84 Å². The largest absolute Gasteiger partial charge is 0.486 e. The van der Waals surface area contributed by atoms with E-state index in [1.165, 1.54) is 29.5 Å². The fraction of sp³-hybridized carbons (Fsp3) is 0.0667. The molecule has 0 aliphatic heterocycles. The van der Waals surface area contributed by atoms with Gasteiger partial charge in [0.05, 0.1) is 24.2 Å². The van der Waals surface area contributed by atoms with Crippen molar-refractivity contribution < 1.29 is 14.6 Å². The van der Waals surface area contributed by atoms with Crippen LogP contribution in [-0.4, -0.2) is 30.8 Å².